The number of hydrogen-bond acceptors (Lipinski definition) is 4. The van der Waals surface area contributed by atoms with Crippen molar-refractivity contribution >= 4 is 21.6 Å². The molecule has 0 bridgehead atoms. The van der Waals surface area contributed by atoms with Crippen LogP contribution in [0.3, 0.4) is 0 Å². The molecule has 2 rings (SSSR count). The van der Waals surface area contributed by atoms with Crippen molar-refractivity contribution in [1.29, 1.82) is 0 Å². The van der Waals surface area contributed by atoms with Gasteiger partial charge in [0.05, 0.1) is 9.40 Å². The molecule has 0 fully saturated rings. The van der Waals surface area contributed by atoms with Gasteiger partial charge in [-0.2, -0.15) is 0 Å². The number of phenolic OH excluding ortho intramolecular Hbond substituents is 1. The highest BCUT2D eigenvalue weighted by Gasteiger charge is 2.14. The summed E-state index contributed by atoms with van der Waals surface area (Å²) in [6, 6.07) is 11.9. The first kappa shape index (κ1) is 14.5. The van der Waals surface area contributed by atoms with E-state index >= 15 is 0 Å². The van der Waals surface area contributed by atoms with Crippen molar-refractivity contribution < 1.29 is 10.0 Å². The second-order valence-corrected chi connectivity index (χ2v) is 5.07. The van der Waals surface area contributed by atoms with Gasteiger partial charge in [0.15, 0.2) is 0 Å². The van der Waals surface area contributed by atoms with Gasteiger partial charge in [-0.3, -0.25) is 10.1 Å². The first-order valence-corrected chi connectivity index (χ1v) is 6.77. The van der Waals surface area contributed by atoms with Crippen LogP contribution in [-0.2, 0) is 13.1 Å². The van der Waals surface area contributed by atoms with Gasteiger partial charge in [-0.25, -0.2) is 0 Å². The lowest BCUT2D eigenvalue weighted by Crippen LogP contribution is -2.13. The molecule has 104 valence electrons. The molecule has 0 aliphatic heterocycles. The molecule has 2 N–H and O–H groups in total. The van der Waals surface area contributed by atoms with Crippen LogP contribution in [0, 0.1) is 10.1 Å². The maximum absolute atomic E-state index is 10.8. The molecule has 0 amide bonds. The number of hydrogen-bond donors (Lipinski definition) is 2. The summed E-state index contributed by atoms with van der Waals surface area (Å²) in [6.45, 7) is 1.14. The lowest BCUT2D eigenvalue weighted by molar-refractivity contribution is -0.385. The Bertz CT molecular complexity index is 614. The fourth-order valence-corrected chi connectivity index (χ4v) is 2.35. The molecule has 5 nitrogen and oxygen atoms in total. The van der Waals surface area contributed by atoms with Gasteiger partial charge in [0, 0.05) is 19.2 Å². The van der Waals surface area contributed by atoms with Gasteiger partial charge in [0.2, 0.25) is 0 Å². The van der Waals surface area contributed by atoms with Crippen molar-refractivity contribution in [2.75, 3.05) is 0 Å². The second kappa shape index (κ2) is 6.49. The number of benzene rings is 2. The van der Waals surface area contributed by atoms with Gasteiger partial charge in [-0.1, -0.05) is 24.3 Å². The van der Waals surface area contributed by atoms with Crippen LogP contribution in [0.4, 0.5) is 5.69 Å². The zero-order chi connectivity index (χ0) is 14.5. The molecule has 0 aromatic heterocycles. The smallest absolute Gasteiger partial charge is 0.283 e. The summed E-state index contributed by atoms with van der Waals surface area (Å²) >= 11 is 3.26. The van der Waals surface area contributed by atoms with Crippen molar-refractivity contribution in [3.63, 3.8) is 0 Å². The average Bonchev–Trinajstić information content (AvgIpc) is 2.42. The predicted octanol–water partition coefficient (Wildman–Crippen LogP) is 3.35. The van der Waals surface area contributed by atoms with E-state index in [2.05, 4.69) is 21.2 Å². The number of nitrogens with one attached hydrogen (secondary N) is 1. The summed E-state index contributed by atoms with van der Waals surface area (Å²) in [5.74, 6) is 0.232. The molecule has 0 saturated heterocycles. The van der Waals surface area contributed by atoms with E-state index in [1.165, 1.54) is 6.07 Å². The summed E-state index contributed by atoms with van der Waals surface area (Å²) in [4.78, 5) is 10.4. The zero-order valence-corrected chi connectivity index (χ0v) is 12.1. The van der Waals surface area contributed by atoms with Gasteiger partial charge in [-0.15, -0.1) is 0 Å². The molecule has 0 unspecified atom stereocenters. The Kier molecular flexibility index (Phi) is 4.70. The first-order valence-electron chi connectivity index (χ1n) is 5.98. The second-order valence-electron chi connectivity index (χ2n) is 4.28. The topological polar surface area (TPSA) is 75.4 Å². The molecular weight excluding hydrogens is 324 g/mol. The predicted molar refractivity (Wildman–Crippen MR) is 79.4 cm³/mol. The van der Waals surface area contributed by atoms with E-state index in [1.54, 1.807) is 18.2 Å². The highest BCUT2D eigenvalue weighted by molar-refractivity contribution is 9.10. The summed E-state index contributed by atoms with van der Waals surface area (Å²) in [5, 5.41) is 23.2. The minimum absolute atomic E-state index is 0.0638. The van der Waals surface area contributed by atoms with Crippen LogP contribution in [-0.4, -0.2) is 10.0 Å². The van der Waals surface area contributed by atoms with Crippen molar-refractivity contribution in [2.45, 2.75) is 13.1 Å². The quantitative estimate of drug-likeness (QED) is 0.648. The Morgan fingerprint density at radius 2 is 1.85 bits per heavy atom. The van der Waals surface area contributed by atoms with E-state index in [0.717, 1.165) is 11.1 Å². The zero-order valence-electron chi connectivity index (χ0n) is 10.5. The highest BCUT2D eigenvalue weighted by atomic mass is 79.9. The van der Waals surface area contributed by atoms with E-state index in [4.69, 9.17) is 0 Å². The SMILES string of the molecule is O=[N+]([O-])c1cccc(CNCc2ccc(O)cc2)c1Br. The molecule has 0 atom stereocenters. The van der Waals surface area contributed by atoms with Gasteiger partial charge in [0.25, 0.3) is 5.69 Å². The number of rotatable bonds is 5. The number of phenols is 1. The monoisotopic (exact) mass is 336 g/mol. The Balaban J connectivity index is 1.99. The summed E-state index contributed by atoms with van der Waals surface area (Å²) < 4.78 is 0.503. The Hall–Kier alpha value is -1.92. The van der Waals surface area contributed by atoms with Gasteiger partial charge >= 0.3 is 0 Å². The number of nitro benzene ring substituents is 1. The molecule has 0 radical (unpaired) electrons. The minimum atomic E-state index is -0.409. The molecule has 0 aliphatic rings. The standard InChI is InChI=1S/C14H13BrN2O3/c15-14-11(2-1-3-13(14)17(19)20)9-16-8-10-4-6-12(18)7-5-10/h1-7,16,18H,8-9H2. The highest BCUT2D eigenvalue weighted by Crippen LogP contribution is 2.28. The molecule has 0 spiro atoms. The minimum Gasteiger partial charge on any atom is -0.508 e. The van der Waals surface area contributed by atoms with Crippen LogP contribution in [0.5, 0.6) is 5.75 Å². The molecule has 2 aromatic rings. The third-order valence-electron chi connectivity index (χ3n) is 2.84. The van der Waals surface area contributed by atoms with E-state index < -0.39 is 4.92 Å². The van der Waals surface area contributed by atoms with E-state index in [9.17, 15) is 15.2 Å². The van der Waals surface area contributed by atoms with Crippen LogP contribution >= 0.6 is 15.9 Å². The van der Waals surface area contributed by atoms with Gasteiger partial charge in [0.1, 0.15) is 5.75 Å². The van der Waals surface area contributed by atoms with Crippen molar-refractivity contribution in [2.24, 2.45) is 0 Å². The van der Waals surface area contributed by atoms with Crippen molar-refractivity contribution in [1.82, 2.24) is 5.32 Å². The lowest BCUT2D eigenvalue weighted by Gasteiger charge is -2.07. The Labute approximate surface area is 124 Å². The molecule has 0 heterocycles. The van der Waals surface area contributed by atoms with Crippen LogP contribution in [0.15, 0.2) is 46.9 Å². The van der Waals surface area contributed by atoms with Crippen LogP contribution in [0.2, 0.25) is 0 Å². The van der Waals surface area contributed by atoms with Crippen molar-refractivity contribution in [3.05, 3.63) is 68.2 Å². The number of nitrogens with zero attached hydrogens (tertiary/aromatic N) is 1. The maximum atomic E-state index is 10.8. The van der Waals surface area contributed by atoms with Gasteiger partial charge in [-0.05, 0) is 39.2 Å². The van der Waals surface area contributed by atoms with Crippen LogP contribution < -0.4 is 5.32 Å². The lowest BCUT2D eigenvalue weighted by atomic mass is 10.2. The largest absolute Gasteiger partial charge is 0.508 e. The molecule has 0 saturated carbocycles. The van der Waals surface area contributed by atoms with Gasteiger partial charge < -0.3 is 10.4 Å². The first-order chi connectivity index (χ1) is 9.58. The van der Waals surface area contributed by atoms with E-state index in [1.807, 2.05) is 18.2 Å². The third-order valence-corrected chi connectivity index (χ3v) is 3.75. The third kappa shape index (κ3) is 3.55. The maximum Gasteiger partial charge on any atom is 0.283 e. The molecule has 6 heteroatoms. The van der Waals surface area contributed by atoms with E-state index in [0.29, 0.717) is 17.6 Å². The summed E-state index contributed by atoms with van der Waals surface area (Å²) in [7, 11) is 0. The van der Waals surface area contributed by atoms with Crippen molar-refractivity contribution in [3.8, 4) is 5.75 Å². The molecule has 20 heavy (non-hydrogen) atoms. The molecule has 2 aromatic carbocycles. The number of nitro groups is 1. The van der Waals surface area contributed by atoms with Crippen LogP contribution in [0.1, 0.15) is 11.1 Å². The Morgan fingerprint density at radius 3 is 2.50 bits per heavy atom. The fraction of sp³-hybridized carbons (Fsp3) is 0.143. The average molecular weight is 337 g/mol. The number of halogens is 1. The normalized spacial score (nSPS) is 10.4. The van der Waals surface area contributed by atoms with E-state index in [-0.39, 0.29) is 11.4 Å². The number of aromatic hydroxyl groups is 1. The Morgan fingerprint density at radius 1 is 1.15 bits per heavy atom. The summed E-state index contributed by atoms with van der Waals surface area (Å²) in [5.41, 5.74) is 1.93. The molecular formula is C14H13BrN2O3. The molecule has 0 aliphatic carbocycles. The summed E-state index contributed by atoms with van der Waals surface area (Å²) in [6.07, 6.45) is 0. The van der Waals surface area contributed by atoms with Crippen LogP contribution in [0.25, 0.3) is 0 Å². The fourth-order valence-electron chi connectivity index (χ4n) is 1.80.